The number of carbonyl (C=O) groups is 3. The first kappa shape index (κ1) is 19.9. The molecule has 2 rings (SSSR count). The Morgan fingerprint density at radius 3 is 2.64 bits per heavy atom. The fraction of sp³-hybridized carbons (Fsp3) is 0.762. The van der Waals surface area contributed by atoms with Gasteiger partial charge in [0.2, 0.25) is 0 Å². The number of fused-ring (bicyclic) bond motifs is 1. The van der Waals surface area contributed by atoms with Gasteiger partial charge in [-0.2, -0.15) is 0 Å². The van der Waals surface area contributed by atoms with Crippen molar-refractivity contribution in [1.29, 1.82) is 0 Å². The molecule has 0 spiro atoms. The van der Waals surface area contributed by atoms with Gasteiger partial charge in [0.25, 0.3) is 0 Å². The fourth-order valence-corrected chi connectivity index (χ4v) is 4.26. The van der Waals surface area contributed by atoms with E-state index >= 15 is 0 Å². The fourth-order valence-electron chi connectivity index (χ4n) is 4.26. The molecule has 3 atom stereocenters. The van der Waals surface area contributed by atoms with Crippen LogP contribution in [0.5, 0.6) is 0 Å². The summed E-state index contributed by atoms with van der Waals surface area (Å²) in [5, 5.41) is 0. The van der Waals surface area contributed by atoms with E-state index in [4.69, 9.17) is 0 Å². The van der Waals surface area contributed by atoms with Gasteiger partial charge in [-0.15, -0.1) is 0 Å². The summed E-state index contributed by atoms with van der Waals surface area (Å²) in [4.78, 5) is 35.7. The van der Waals surface area contributed by atoms with Crippen LogP contribution in [-0.4, -0.2) is 24.6 Å². The second-order valence-corrected chi connectivity index (χ2v) is 7.50. The molecule has 4 heteroatoms. The minimum absolute atomic E-state index is 0.0354. The van der Waals surface area contributed by atoms with Gasteiger partial charge in [0.15, 0.2) is 0 Å². The number of methoxy groups -OCH3 is 1. The summed E-state index contributed by atoms with van der Waals surface area (Å²) in [5.41, 5.74) is -0.449. The van der Waals surface area contributed by atoms with Gasteiger partial charge in [-0.3, -0.25) is 14.4 Å². The lowest BCUT2D eigenvalue weighted by Gasteiger charge is -2.17. The molecule has 25 heavy (non-hydrogen) atoms. The van der Waals surface area contributed by atoms with Crippen molar-refractivity contribution in [2.45, 2.75) is 77.6 Å². The molecule has 2 saturated carbocycles. The van der Waals surface area contributed by atoms with E-state index in [1.165, 1.54) is 20.0 Å². The standard InChI is InChI=1S/C21H32O4/c1-3-4-5-8-11-14-21-16(18(22)15-17(21)20(21)24)12-9-6-7-10-13-19(23)25-2/h11,14,16-17H,3-10,12-13,15H2,1-2H3/t16?,17-,21-/m0/s1. The second kappa shape index (κ2) is 9.30. The van der Waals surface area contributed by atoms with E-state index in [1.54, 1.807) is 0 Å². The van der Waals surface area contributed by atoms with Gasteiger partial charge < -0.3 is 4.74 Å². The Balaban J connectivity index is 1.77. The van der Waals surface area contributed by atoms with Crippen LogP contribution in [0.2, 0.25) is 0 Å². The van der Waals surface area contributed by atoms with E-state index in [1.807, 2.05) is 0 Å². The average Bonchev–Trinajstić information content (AvgIpc) is 3.02. The molecule has 0 bridgehead atoms. The highest BCUT2D eigenvalue weighted by Crippen LogP contribution is 2.63. The first-order valence-corrected chi connectivity index (χ1v) is 9.89. The molecule has 0 aromatic rings. The van der Waals surface area contributed by atoms with Crippen molar-refractivity contribution in [3.63, 3.8) is 0 Å². The molecule has 4 nitrogen and oxygen atoms in total. The van der Waals surface area contributed by atoms with E-state index in [9.17, 15) is 14.4 Å². The Morgan fingerprint density at radius 2 is 1.92 bits per heavy atom. The van der Waals surface area contributed by atoms with E-state index in [-0.39, 0.29) is 29.4 Å². The number of rotatable bonds is 12. The zero-order chi connectivity index (χ0) is 18.3. The Hall–Kier alpha value is -1.45. The molecular weight excluding hydrogens is 316 g/mol. The van der Waals surface area contributed by atoms with Crippen molar-refractivity contribution in [2.75, 3.05) is 7.11 Å². The number of esters is 1. The third-order valence-electron chi connectivity index (χ3n) is 5.83. The van der Waals surface area contributed by atoms with Crippen LogP contribution in [0.25, 0.3) is 0 Å². The number of ether oxygens (including phenoxy) is 1. The summed E-state index contributed by atoms with van der Waals surface area (Å²) >= 11 is 0. The molecule has 2 aliphatic rings. The molecule has 0 aromatic heterocycles. The summed E-state index contributed by atoms with van der Waals surface area (Å²) in [7, 11) is 1.41. The molecule has 0 amide bonds. The Bertz CT molecular complexity index is 522. The number of hydrogen-bond acceptors (Lipinski definition) is 4. The zero-order valence-corrected chi connectivity index (χ0v) is 15.7. The zero-order valence-electron chi connectivity index (χ0n) is 15.7. The maximum Gasteiger partial charge on any atom is 0.305 e. The summed E-state index contributed by atoms with van der Waals surface area (Å²) < 4.78 is 4.63. The Kier molecular flexibility index (Phi) is 7.39. The normalized spacial score (nSPS) is 27.8. The van der Waals surface area contributed by atoms with E-state index in [2.05, 4.69) is 23.8 Å². The highest BCUT2D eigenvalue weighted by atomic mass is 16.5. The monoisotopic (exact) mass is 348 g/mol. The third kappa shape index (κ3) is 4.59. The van der Waals surface area contributed by atoms with Crippen LogP contribution in [0.1, 0.15) is 77.6 Å². The summed E-state index contributed by atoms with van der Waals surface area (Å²) in [5.74, 6) is 0.260. The molecule has 0 N–H and O–H groups in total. The van der Waals surface area contributed by atoms with Crippen molar-refractivity contribution >= 4 is 17.5 Å². The molecule has 0 aromatic carbocycles. The largest absolute Gasteiger partial charge is 0.469 e. The van der Waals surface area contributed by atoms with Crippen LogP contribution >= 0.6 is 0 Å². The first-order chi connectivity index (χ1) is 12.1. The minimum atomic E-state index is -0.449. The van der Waals surface area contributed by atoms with Crippen LogP contribution in [0.4, 0.5) is 0 Å². The van der Waals surface area contributed by atoms with Gasteiger partial charge in [-0.1, -0.05) is 51.2 Å². The summed E-state index contributed by atoms with van der Waals surface area (Å²) in [6.07, 6.45) is 14.2. The van der Waals surface area contributed by atoms with Gasteiger partial charge >= 0.3 is 5.97 Å². The number of hydrogen-bond donors (Lipinski definition) is 0. The van der Waals surface area contributed by atoms with Gasteiger partial charge in [-0.25, -0.2) is 0 Å². The van der Waals surface area contributed by atoms with Crippen LogP contribution in [0.3, 0.4) is 0 Å². The topological polar surface area (TPSA) is 60.4 Å². The molecule has 0 saturated heterocycles. The quantitative estimate of drug-likeness (QED) is 0.298. The molecule has 2 fully saturated rings. The molecule has 0 heterocycles. The Morgan fingerprint density at radius 1 is 1.16 bits per heavy atom. The van der Waals surface area contributed by atoms with E-state index in [0.29, 0.717) is 12.8 Å². The lowest BCUT2D eigenvalue weighted by atomic mass is 9.84. The summed E-state index contributed by atoms with van der Waals surface area (Å²) in [6.45, 7) is 2.18. The molecule has 140 valence electrons. The summed E-state index contributed by atoms with van der Waals surface area (Å²) in [6, 6.07) is 0. The van der Waals surface area contributed by atoms with Crippen LogP contribution in [-0.2, 0) is 19.1 Å². The van der Waals surface area contributed by atoms with Crippen molar-refractivity contribution in [2.24, 2.45) is 17.3 Å². The van der Waals surface area contributed by atoms with Crippen molar-refractivity contribution in [3.05, 3.63) is 12.2 Å². The predicted octanol–water partition coefficient (Wildman–Crippen LogP) is 4.41. The van der Waals surface area contributed by atoms with Gasteiger partial charge in [0.05, 0.1) is 12.5 Å². The van der Waals surface area contributed by atoms with Crippen LogP contribution in [0, 0.1) is 17.3 Å². The maximum absolute atomic E-state index is 12.3. The van der Waals surface area contributed by atoms with E-state index < -0.39 is 5.41 Å². The first-order valence-electron chi connectivity index (χ1n) is 9.89. The average molecular weight is 348 g/mol. The minimum Gasteiger partial charge on any atom is -0.469 e. The molecule has 1 unspecified atom stereocenters. The van der Waals surface area contributed by atoms with Crippen molar-refractivity contribution in [3.8, 4) is 0 Å². The SMILES string of the molecule is CCCCCC=C[C@@]12C(=O)[C@@H]1CC(=O)C2CCCCCCC(=O)OC. The Labute approximate surface area is 151 Å². The lowest BCUT2D eigenvalue weighted by molar-refractivity contribution is -0.140. The second-order valence-electron chi connectivity index (χ2n) is 7.50. The number of allylic oxidation sites excluding steroid dienone is 2. The number of unbranched alkanes of at least 4 members (excludes halogenated alkanes) is 6. The third-order valence-corrected chi connectivity index (χ3v) is 5.83. The smallest absolute Gasteiger partial charge is 0.305 e. The van der Waals surface area contributed by atoms with Gasteiger partial charge in [0, 0.05) is 24.7 Å². The highest BCUT2D eigenvalue weighted by Gasteiger charge is 2.72. The van der Waals surface area contributed by atoms with Crippen LogP contribution in [0.15, 0.2) is 12.2 Å². The molecule has 0 aliphatic heterocycles. The number of Topliss-reactive ketones (excluding diaryl/α,β-unsaturated/α-hetero) is 2. The lowest BCUT2D eigenvalue weighted by Crippen LogP contribution is -2.21. The van der Waals surface area contributed by atoms with Crippen molar-refractivity contribution in [1.82, 2.24) is 0 Å². The highest BCUT2D eigenvalue weighted by molar-refractivity contribution is 6.15. The molecular formula is C21H32O4. The van der Waals surface area contributed by atoms with Gasteiger partial charge in [-0.05, 0) is 25.7 Å². The number of carbonyl (C=O) groups excluding carboxylic acids is 3. The van der Waals surface area contributed by atoms with Crippen molar-refractivity contribution < 1.29 is 19.1 Å². The molecule has 0 radical (unpaired) electrons. The van der Waals surface area contributed by atoms with Gasteiger partial charge in [0.1, 0.15) is 11.6 Å². The van der Waals surface area contributed by atoms with E-state index in [0.717, 1.165) is 44.9 Å². The predicted molar refractivity (Wildman–Crippen MR) is 97.0 cm³/mol. The van der Waals surface area contributed by atoms with Crippen LogP contribution < -0.4 is 0 Å². The number of ketones is 2. The molecule has 2 aliphatic carbocycles. The maximum atomic E-state index is 12.3.